The summed E-state index contributed by atoms with van der Waals surface area (Å²) in [7, 11) is 0. The minimum Gasteiger partial charge on any atom is -0.326 e. The Bertz CT molecular complexity index is 800. The third-order valence-corrected chi connectivity index (χ3v) is 5.86. The van der Waals surface area contributed by atoms with Crippen LogP contribution in [0.4, 0.5) is 5.69 Å². The van der Waals surface area contributed by atoms with Gasteiger partial charge in [-0.3, -0.25) is 19.7 Å². The lowest BCUT2D eigenvalue weighted by molar-refractivity contribution is -0.114. The van der Waals surface area contributed by atoms with E-state index in [0.717, 1.165) is 35.2 Å². The summed E-state index contributed by atoms with van der Waals surface area (Å²) in [6, 6.07) is 8.67. The Kier molecular flexibility index (Phi) is 5.48. The molecule has 142 valence electrons. The van der Waals surface area contributed by atoms with Crippen LogP contribution in [0, 0.1) is 0 Å². The van der Waals surface area contributed by atoms with E-state index in [1.54, 1.807) is 6.20 Å². The monoisotopic (exact) mass is 364 g/mol. The van der Waals surface area contributed by atoms with Gasteiger partial charge in [0, 0.05) is 49.1 Å². The van der Waals surface area contributed by atoms with Gasteiger partial charge in [0.2, 0.25) is 5.91 Å². The molecule has 0 bridgehead atoms. The fraction of sp³-hybridized carbons (Fsp3) is 0.500. The molecule has 2 aromatic rings. The SMILES string of the molecule is CC(=O)Nc1cccc(-c2nccnc2[C@@H]2CCCN(C3CCCC3)C2)c1. The molecule has 27 heavy (non-hydrogen) atoms. The van der Waals surface area contributed by atoms with Crippen LogP contribution in [-0.2, 0) is 4.79 Å². The second-order valence-electron chi connectivity index (χ2n) is 7.82. The highest BCUT2D eigenvalue weighted by molar-refractivity contribution is 5.89. The highest BCUT2D eigenvalue weighted by Crippen LogP contribution is 2.35. The number of nitrogens with zero attached hydrogens (tertiary/aromatic N) is 3. The fourth-order valence-electron chi connectivity index (χ4n) is 4.65. The van der Waals surface area contributed by atoms with E-state index in [2.05, 4.69) is 21.3 Å². The van der Waals surface area contributed by atoms with Crippen molar-refractivity contribution in [3.63, 3.8) is 0 Å². The zero-order chi connectivity index (χ0) is 18.6. The molecular formula is C22H28N4O. The largest absolute Gasteiger partial charge is 0.326 e. The summed E-state index contributed by atoms with van der Waals surface area (Å²) in [5.41, 5.74) is 3.86. The molecule has 1 saturated carbocycles. The first-order valence-electron chi connectivity index (χ1n) is 10.1. The second-order valence-corrected chi connectivity index (χ2v) is 7.82. The average Bonchev–Trinajstić information content (AvgIpc) is 3.23. The molecule has 1 N–H and O–H groups in total. The van der Waals surface area contributed by atoms with Crippen molar-refractivity contribution >= 4 is 11.6 Å². The normalized spacial score (nSPS) is 21.3. The lowest BCUT2D eigenvalue weighted by Gasteiger charge is -2.37. The predicted molar refractivity (Wildman–Crippen MR) is 108 cm³/mol. The lowest BCUT2D eigenvalue weighted by atomic mass is 9.90. The number of amides is 1. The Morgan fingerprint density at radius 1 is 1.11 bits per heavy atom. The van der Waals surface area contributed by atoms with Crippen LogP contribution in [0.15, 0.2) is 36.7 Å². The molecule has 2 aliphatic rings. The van der Waals surface area contributed by atoms with Gasteiger partial charge in [0.25, 0.3) is 0 Å². The van der Waals surface area contributed by atoms with Crippen LogP contribution in [0.2, 0.25) is 0 Å². The molecule has 0 spiro atoms. The first-order chi connectivity index (χ1) is 13.2. The van der Waals surface area contributed by atoms with E-state index in [0.29, 0.717) is 5.92 Å². The number of benzene rings is 1. The van der Waals surface area contributed by atoms with Gasteiger partial charge < -0.3 is 5.32 Å². The van der Waals surface area contributed by atoms with Gasteiger partial charge in [-0.2, -0.15) is 0 Å². The molecule has 1 aliphatic heterocycles. The van der Waals surface area contributed by atoms with Crippen molar-refractivity contribution in [2.45, 2.75) is 57.4 Å². The zero-order valence-electron chi connectivity index (χ0n) is 16.0. The zero-order valence-corrected chi connectivity index (χ0v) is 16.0. The molecule has 0 radical (unpaired) electrons. The van der Waals surface area contributed by atoms with Crippen molar-refractivity contribution in [1.82, 2.24) is 14.9 Å². The van der Waals surface area contributed by atoms with Gasteiger partial charge in [-0.15, -0.1) is 0 Å². The van der Waals surface area contributed by atoms with Gasteiger partial charge in [0.15, 0.2) is 0 Å². The van der Waals surface area contributed by atoms with Gasteiger partial charge >= 0.3 is 0 Å². The molecule has 0 unspecified atom stereocenters. The van der Waals surface area contributed by atoms with E-state index >= 15 is 0 Å². The van der Waals surface area contributed by atoms with Crippen molar-refractivity contribution < 1.29 is 4.79 Å². The second kappa shape index (κ2) is 8.17. The number of anilines is 1. The Labute approximate surface area is 161 Å². The number of rotatable bonds is 4. The fourth-order valence-corrected chi connectivity index (χ4v) is 4.65. The number of nitrogens with one attached hydrogen (secondary N) is 1. The molecule has 4 rings (SSSR count). The number of carbonyl (C=O) groups is 1. The Hall–Kier alpha value is -2.27. The Morgan fingerprint density at radius 3 is 2.74 bits per heavy atom. The van der Waals surface area contributed by atoms with Crippen LogP contribution in [-0.4, -0.2) is 39.9 Å². The minimum atomic E-state index is -0.0639. The van der Waals surface area contributed by atoms with Gasteiger partial charge in [0.05, 0.1) is 11.4 Å². The van der Waals surface area contributed by atoms with Crippen LogP contribution in [0.25, 0.3) is 11.3 Å². The molecule has 5 heteroatoms. The van der Waals surface area contributed by atoms with Crippen LogP contribution in [0.3, 0.4) is 0 Å². The maximum absolute atomic E-state index is 11.4. The number of piperidine rings is 1. The summed E-state index contributed by atoms with van der Waals surface area (Å²) in [6.07, 6.45) is 11.4. The number of hydrogen-bond acceptors (Lipinski definition) is 4. The topological polar surface area (TPSA) is 58.1 Å². The number of likely N-dealkylation sites (tertiary alicyclic amines) is 1. The molecule has 1 aromatic heterocycles. The number of hydrogen-bond donors (Lipinski definition) is 1. The van der Waals surface area contributed by atoms with E-state index < -0.39 is 0 Å². The van der Waals surface area contributed by atoms with Crippen molar-refractivity contribution in [3.8, 4) is 11.3 Å². The minimum absolute atomic E-state index is 0.0639. The van der Waals surface area contributed by atoms with E-state index in [1.807, 2.05) is 24.4 Å². The van der Waals surface area contributed by atoms with Crippen LogP contribution < -0.4 is 5.32 Å². The molecule has 1 amide bonds. The first kappa shape index (κ1) is 18.1. The molecule has 1 aliphatic carbocycles. The summed E-state index contributed by atoms with van der Waals surface area (Å²) in [5.74, 6) is 0.360. The summed E-state index contributed by atoms with van der Waals surface area (Å²) in [4.78, 5) is 23.5. The Balaban J connectivity index is 1.60. The molecule has 2 heterocycles. The predicted octanol–water partition coefficient (Wildman–Crippen LogP) is 4.22. The summed E-state index contributed by atoms with van der Waals surface area (Å²) < 4.78 is 0. The third-order valence-electron chi connectivity index (χ3n) is 5.86. The molecule has 5 nitrogen and oxygen atoms in total. The van der Waals surface area contributed by atoms with Crippen molar-refractivity contribution in [1.29, 1.82) is 0 Å². The maximum atomic E-state index is 11.4. The molecule has 1 atom stereocenters. The van der Waals surface area contributed by atoms with Crippen molar-refractivity contribution in [2.75, 3.05) is 18.4 Å². The molecule has 2 fully saturated rings. The smallest absolute Gasteiger partial charge is 0.221 e. The third kappa shape index (κ3) is 4.19. The molecule has 1 saturated heterocycles. The lowest BCUT2D eigenvalue weighted by Crippen LogP contribution is -2.41. The van der Waals surface area contributed by atoms with E-state index in [1.165, 1.54) is 52.0 Å². The van der Waals surface area contributed by atoms with E-state index in [-0.39, 0.29) is 5.91 Å². The molecular weight excluding hydrogens is 336 g/mol. The average molecular weight is 364 g/mol. The van der Waals surface area contributed by atoms with Gasteiger partial charge in [-0.25, -0.2) is 0 Å². The van der Waals surface area contributed by atoms with Gasteiger partial charge in [-0.05, 0) is 44.4 Å². The van der Waals surface area contributed by atoms with Gasteiger partial charge in [-0.1, -0.05) is 25.0 Å². The standard InChI is InChI=1S/C22H28N4O/c1-16(27)25-19-8-4-6-17(14-19)21-22(24-12-11-23-21)18-7-5-13-26(15-18)20-9-2-3-10-20/h4,6,8,11-12,14,18,20H,2-3,5,7,9-10,13,15H2,1H3,(H,25,27)/t18-/m1/s1. The van der Waals surface area contributed by atoms with Crippen molar-refractivity contribution in [3.05, 3.63) is 42.4 Å². The highest BCUT2D eigenvalue weighted by atomic mass is 16.1. The quantitative estimate of drug-likeness (QED) is 0.882. The summed E-state index contributed by atoms with van der Waals surface area (Å²) >= 11 is 0. The maximum Gasteiger partial charge on any atom is 0.221 e. The molecule has 1 aromatic carbocycles. The van der Waals surface area contributed by atoms with Crippen LogP contribution in [0.5, 0.6) is 0 Å². The summed E-state index contributed by atoms with van der Waals surface area (Å²) in [5, 5.41) is 2.86. The van der Waals surface area contributed by atoms with Crippen LogP contribution in [0.1, 0.15) is 57.1 Å². The highest BCUT2D eigenvalue weighted by Gasteiger charge is 2.30. The Morgan fingerprint density at radius 2 is 1.93 bits per heavy atom. The number of aromatic nitrogens is 2. The van der Waals surface area contributed by atoms with E-state index in [9.17, 15) is 4.79 Å². The first-order valence-corrected chi connectivity index (χ1v) is 10.1. The van der Waals surface area contributed by atoms with E-state index in [4.69, 9.17) is 4.98 Å². The number of carbonyl (C=O) groups excluding carboxylic acids is 1. The van der Waals surface area contributed by atoms with Crippen molar-refractivity contribution in [2.24, 2.45) is 0 Å². The van der Waals surface area contributed by atoms with Gasteiger partial charge in [0.1, 0.15) is 0 Å². The van der Waals surface area contributed by atoms with Crippen LogP contribution >= 0.6 is 0 Å². The summed E-state index contributed by atoms with van der Waals surface area (Å²) in [6.45, 7) is 3.83.